The van der Waals surface area contributed by atoms with Gasteiger partial charge in [-0.15, -0.1) is 0 Å². The minimum atomic E-state index is -0.0341. The Bertz CT molecular complexity index is 455. The van der Waals surface area contributed by atoms with E-state index >= 15 is 0 Å². The van der Waals surface area contributed by atoms with E-state index in [1.165, 1.54) is 0 Å². The van der Waals surface area contributed by atoms with Crippen molar-refractivity contribution in [2.45, 2.75) is 45.6 Å². The van der Waals surface area contributed by atoms with Crippen LogP contribution in [0.2, 0.25) is 0 Å². The van der Waals surface area contributed by atoms with E-state index in [0.29, 0.717) is 17.4 Å². The second-order valence-corrected chi connectivity index (χ2v) is 5.37. The van der Waals surface area contributed by atoms with Crippen LogP contribution in [0.1, 0.15) is 49.2 Å². The molecule has 0 saturated heterocycles. The fourth-order valence-corrected chi connectivity index (χ4v) is 2.47. The third kappa shape index (κ3) is 3.44. The van der Waals surface area contributed by atoms with Crippen LogP contribution in [0, 0.1) is 5.92 Å². The molecular weight excluding hydrogens is 240 g/mol. The smallest absolute Gasteiger partial charge is 0.251 e. The summed E-state index contributed by atoms with van der Waals surface area (Å²) in [6.07, 6.45) is 3.97. The number of pyridine rings is 1. The lowest BCUT2D eigenvalue weighted by Crippen LogP contribution is -2.43. The van der Waals surface area contributed by atoms with E-state index in [-0.39, 0.29) is 5.91 Å². The average molecular weight is 262 g/mol. The third-order valence-corrected chi connectivity index (χ3v) is 3.50. The number of hydrogen-bond donors (Lipinski definition) is 3. The summed E-state index contributed by atoms with van der Waals surface area (Å²) < 4.78 is 0. The predicted molar refractivity (Wildman–Crippen MR) is 75.7 cm³/mol. The van der Waals surface area contributed by atoms with Crippen LogP contribution in [0.15, 0.2) is 12.1 Å². The Labute approximate surface area is 114 Å². The molecule has 0 spiro atoms. The fraction of sp³-hybridized carbons (Fsp3) is 0.571. The Balaban J connectivity index is 2.08. The topological polar surface area (TPSA) is 80.0 Å². The monoisotopic (exact) mass is 262 g/mol. The SMILES string of the molecule is CCCc1cc(C(=O)NC2CC(C)C2)cc(NN)n1. The number of aromatic nitrogens is 1. The molecule has 1 aromatic heterocycles. The lowest BCUT2D eigenvalue weighted by Gasteiger charge is -2.33. The van der Waals surface area contributed by atoms with Crippen LogP contribution in [0.25, 0.3) is 0 Å². The van der Waals surface area contributed by atoms with Crippen LogP contribution in [0.4, 0.5) is 5.82 Å². The quantitative estimate of drug-likeness (QED) is 0.559. The number of anilines is 1. The number of carbonyl (C=O) groups excluding carboxylic acids is 1. The van der Waals surface area contributed by atoms with Crippen molar-refractivity contribution in [1.82, 2.24) is 10.3 Å². The second-order valence-electron chi connectivity index (χ2n) is 5.37. The maximum absolute atomic E-state index is 12.2. The predicted octanol–water partition coefficient (Wildman–Crippen LogP) is 1.85. The van der Waals surface area contributed by atoms with Crippen molar-refractivity contribution < 1.29 is 4.79 Å². The van der Waals surface area contributed by atoms with Crippen LogP contribution in [0.5, 0.6) is 0 Å². The summed E-state index contributed by atoms with van der Waals surface area (Å²) in [5.41, 5.74) is 4.04. The molecule has 0 atom stereocenters. The van der Waals surface area contributed by atoms with E-state index in [1.54, 1.807) is 6.07 Å². The third-order valence-electron chi connectivity index (χ3n) is 3.50. The van der Waals surface area contributed by atoms with Crippen LogP contribution in [-0.4, -0.2) is 16.9 Å². The normalized spacial score (nSPS) is 21.6. The molecule has 0 bridgehead atoms. The molecule has 0 unspecified atom stereocenters. The van der Waals surface area contributed by atoms with Gasteiger partial charge < -0.3 is 10.7 Å². The molecule has 1 saturated carbocycles. The zero-order valence-electron chi connectivity index (χ0n) is 11.6. The number of nitrogens with one attached hydrogen (secondary N) is 2. The lowest BCUT2D eigenvalue weighted by atomic mass is 9.82. The molecular formula is C14H22N4O. The molecule has 19 heavy (non-hydrogen) atoms. The first-order valence-electron chi connectivity index (χ1n) is 6.90. The summed E-state index contributed by atoms with van der Waals surface area (Å²) >= 11 is 0. The largest absolute Gasteiger partial charge is 0.349 e. The van der Waals surface area contributed by atoms with E-state index in [4.69, 9.17) is 5.84 Å². The fourth-order valence-electron chi connectivity index (χ4n) is 2.47. The number of amides is 1. The number of carbonyl (C=O) groups is 1. The molecule has 5 heteroatoms. The number of nitrogens with zero attached hydrogens (tertiary/aromatic N) is 1. The Morgan fingerprint density at radius 2 is 2.21 bits per heavy atom. The first-order valence-corrected chi connectivity index (χ1v) is 6.90. The van der Waals surface area contributed by atoms with Gasteiger partial charge in [0, 0.05) is 17.3 Å². The standard InChI is InChI=1S/C14H22N4O/c1-3-4-11-7-10(8-13(16-11)18-15)14(19)17-12-5-9(2)6-12/h7-9,12H,3-6,15H2,1-2H3,(H,16,18)(H,17,19). The molecule has 1 aliphatic carbocycles. The summed E-state index contributed by atoms with van der Waals surface area (Å²) in [5, 5.41) is 3.05. The van der Waals surface area contributed by atoms with Crippen molar-refractivity contribution >= 4 is 11.7 Å². The Kier molecular flexibility index (Phi) is 4.37. The van der Waals surface area contributed by atoms with Gasteiger partial charge in [0.15, 0.2) is 0 Å². The highest BCUT2D eigenvalue weighted by molar-refractivity contribution is 5.95. The number of nitrogens with two attached hydrogens (primary N) is 1. The van der Waals surface area contributed by atoms with Gasteiger partial charge in [0.1, 0.15) is 5.82 Å². The molecule has 2 rings (SSSR count). The highest BCUT2D eigenvalue weighted by atomic mass is 16.1. The minimum Gasteiger partial charge on any atom is -0.349 e. The molecule has 1 fully saturated rings. The van der Waals surface area contributed by atoms with Gasteiger partial charge in [-0.05, 0) is 37.3 Å². The van der Waals surface area contributed by atoms with E-state index < -0.39 is 0 Å². The van der Waals surface area contributed by atoms with Crippen molar-refractivity contribution in [2.75, 3.05) is 5.43 Å². The van der Waals surface area contributed by atoms with Gasteiger partial charge in [-0.1, -0.05) is 20.3 Å². The number of aryl methyl sites for hydroxylation is 1. The van der Waals surface area contributed by atoms with Gasteiger partial charge in [-0.3, -0.25) is 4.79 Å². The minimum absolute atomic E-state index is 0.0341. The average Bonchev–Trinajstić information content (AvgIpc) is 2.36. The molecule has 104 valence electrons. The van der Waals surface area contributed by atoms with E-state index in [2.05, 4.69) is 29.6 Å². The van der Waals surface area contributed by atoms with Gasteiger partial charge in [-0.2, -0.15) is 0 Å². The van der Waals surface area contributed by atoms with Crippen LogP contribution >= 0.6 is 0 Å². The summed E-state index contributed by atoms with van der Waals surface area (Å²) in [6.45, 7) is 4.28. The maximum atomic E-state index is 12.2. The molecule has 1 heterocycles. The summed E-state index contributed by atoms with van der Waals surface area (Å²) in [4.78, 5) is 16.5. The highest BCUT2D eigenvalue weighted by Gasteiger charge is 2.27. The lowest BCUT2D eigenvalue weighted by molar-refractivity contribution is 0.0896. The summed E-state index contributed by atoms with van der Waals surface area (Å²) in [5.74, 6) is 6.62. The molecule has 0 radical (unpaired) electrons. The summed E-state index contributed by atoms with van der Waals surface area (Å²) in [7, 11) is 0. The Hall–Kier alpha value is -1.62. The molecule has 0 aliphatic heterocycles. The van der Waals surface area contributed by atoms with Crippen molar-refractivity contribution in [3.05, 3.63) is 23.4 Å². The zero-order chi connectivity index (χ0) is 13.8. The van der Waals surface area contributed by atoms with Gasteiger partial charge in [0.05, 0.1) is 0 Å². The molecule has 1 amide bonds. The molecule has 0 aromatic carbocycles. The Morgan fingerprint density at radius 1 is 1.47 bits per heavy atom. The van der Waals surface area contributed by atoms with Gasteiger partial charge in [0.25, 0.3) is 5.91 Å². The number of hydrogen-bond acceptors (Lipinski definition) is 4. The van der Waals surface area contributed by atoms with Gasteiger partial charge in [0.2, 0.25) is 0 Å². The van der Waals surface area contributed by atoms with E-state index in [0.717, 1.165) is 37.3 Å². The van der Waals surface area contributed by atoms with Crippen molar-refractivity contribution in [3.63, 3.8) is 0 Å². The Morgan fingerprint density at radius 3 is 2.79 bits per heavy atom. The first-order chi connectivity index (χ1) is 9.12. The molecule has 1 aromatic rings. The van der Waals surface area contributed by atoms with Crippen LogP contribution < -0.4 is 16.6 Å². The number of hydrazine groups is 1. The number of nitrogen functional groups attached to an aromatic ring is 1. The van der Waals surface area contributed by atoms with Crippen molar-refractivity contribution in [2.24, 2.45) is 11.8 Å². The van der Waals surface area contributed by atoms with Crippen LogP contribution in [-0.2, 0) is 6.42 Å². The van der Waals surface area contributed by atoms with Crippen molar-refractivity contribution in [1.29, 1.82) is 0 Å². The second kappa shape index (κ2) is 6.02. The molecule has 5 nitrogen and oxygen atoms in total. The van der Waals surface area contributed by atoms with Gasteiger partial charge >= 0.3 is 0 Å². The maximum Gasteiger partial charge on any atom is 0.251 e. The van der Waals surface area contributed by atoms with E-state index in [9.17, 15) is 4.79 Å². The van der Waals surface area contributed by atoms with Gasteiger partial charge in [-0.25, -0.2) is 10.8 Å². The molecule has 4 N–H and O–H groups in total. The van der Waals surface area contributed by atoms with E-state index in [1.807, 2.05) is 6.07 Å². The first kappa shape index (κ1) is 13.8. The number of rotatable bonds is 5. The molecule has 1 aliphatic rings. The highest BCUT2D eigenvalue weighted by Crippen LogP contribution is 2.26. The zero-order valence-corrected chi connectivity index (χ0v) is 11.6. The summed E-state index contributed by atoms with van der Waals surface area (Å²) in [6, 6.07) is 3.86. The van der Waals surface area contributed by atoms with Crippen molar-refractivity contribution in [3.8, 4) is 0 Å². The van der Waals surface area contributed by atoms with Crippen LogP contribution in [0.3, 0.4) is 0 Å².